The van der Waals surface area contributed by atoms with E-state index in [0.717, 1.165) is 17.1 Å². The van der Waals surface area contributed by atoms with Gasteiger partial charge in [-0.25, -0.2) is 0 Å². The lowest BCUT2D eigenvalue weighted by molar-refractivity contribution is 0.559. The van der Waals surface area contributed by atoms with Crippen molar-refractivity contribution < 1.29 is 4.43 Å². The van der Waals surface area contributed by atoms with E-state index in [4.69, 9.17) is 4.43 Å². The average molecular weight is 284 g/mol. The van der Waals surface area contributed by atoms with E-state index in [1.165, 1.54) is 5.56 Å². The summed E-state index contributed by atoms with van der Waals surface area (Å²) in [5, 5.41) is 0. The fraction of sp³-hybridized carbons (Fsp3) is 0.250. The molecule has 0 amide bonds. The molecule has 0 aliphatic rings. The molecule has 0 N–H and O–H groups in total. The molecule has 0 fully saturated rings. The Kier molecular flexibility index (Phi) is 4.34. The number of aliphatic imine (C=N–C) groups is 1. The molecule has 1 aromatic carbocycles. The molecule has 20 heavy (non-hydrogen) atoms. The van der Waals surface area contributed by atoms with Crippen LogP contribution in [0.2, 0.25) is 19.6 Å². The Morgan fingerprint density at radius 1 is 1.15 bits per heavy atom. The van der Waals surface area contributed by atoms with Crippen LogP contribution in [0.1, 0.15) is 11.3 Å². The van der Waals surface area contributed by atoms with Gasteiger partial charge in [-0.3, -0.25) is 9.98 Å². The molecule has 0 unspecified atom stereocenters. The second-order valence-electron chi connectivity index (χ2n) is 5.70. The van der Waals surface area contributed by atoms with Crippen LogP contribution in [0.4, 0.5) is 5.69 Å². The van der Waals surface area contributed by atoms with Crippen LogP contribution in [-0.2, 0) is 0 Å². The van der Waals surface area contributed by atoms with E-state index in [0.29, 0.717) is 0 Å². The highest BCUT2D eigenvalue weighted by atomic mass is 28.4. The fourth-order valence-corrected chi connectivity index (χ4v) is 2.56. The number of rotatable bonds is 4. The highest BCUT2D eigenvalue weighted by Gasteiger charge is 2.18. The molecule has 0 spiro atoms. The summed E-state index contributed by atoms with van der Waals surface area (Å²) in [6.07, 6.45) is 3.53. The summed E-state index contributed by atoms with van der Waals surface area (Å²) in [5.41, 5.74) is 2.87. The summed E-state index contributed by atoms with van der Waals surface area (Å²) in [6, 6.07) is 11.9. The smallest absolute Gasteiger partial charge is 0.242 e. The number of nitrogens with zero attached hydrogens (tertiary/aromatic N) is 2. The van der Waals surface area contributed by atoms with Gasteiger partial charge in [0.15, 0.2) is 0 Å². The van der Waals surface area contributed by atoms with Crippen molar-refractivity contribution in [2.75, 3.05) is 0 Å². The standard InChI is InChI=1S/C16H20N2OSi/c1-13-8-9-16(19-20(2,3)4)15(11-13)18-12-14-7-5-6-10-17-14/h5-12H,1-4H3. The van der Waals surface area contributed by atoms with Crippen molar-refractivity contribution in [3.63, 3.8) is 0 Å². The molecular weight excluding hydrogens is 264 g/mol. The maximum atomic E-state index is 6.08. The van der Waals surface area contributed by atoms with E-state index >= 15 is 0 Å². The van der Waals surface area contributed by atoms with Gasteiger partial charge >= 0.3 is 0 Å². The highest BCUT2D eigenvalue weighted by molar-refractivity contribution is 6.70. The quantitative estimate of drug-likeness (QED) is 0.618. The minimum atomic E-state index is -1.64. The molecule has 0 atom stereocenters. The summed E-state index contributed by atoms with van der Waals surface area (Å²) in [5.74, 6) is 0.849. The number of pyridine rings is 1. The van der Waals surface area contributed by atoms with Gasteiger partial charge < -0.3 is 4.43 Å². The van der Waals surface area contributed by atoms with Gasteiger partial charge in [-0.05, 0) is 56.4 Å². The third kappa shape index (κ3) is 4.31. The van der Waals surface area contributed by atoms with Crippen molar-refractivity contribution in [1.29, 1.82) is 0 Å². The third-order valence-corrected chi connectivity index (χ3v) is 3.39. The van der Waals surface area contributed by atoms with Gasteiger partial charge in [0.25, 0.3) is 0 Å². The summed E-state index contributed by atoms with van der Waals surface area (Å²) in [6.45, 7) is 8.55. The topological polar surface area (TPSA) is 34.5 Å². The van der Waals surface area contributed by atoms with Crippen LogP contribution in [-0.4, -0.2) is 19.5 Å². The molecule has 4 heteroatoms. The second kappa shape index (κ2) is 6.01. The zero-order valence-corrected chi connectivity index (χ0v) is 13.4. The summed E-state index contributed by atoms with van der Waals surface area (Å²) in [7, 11) is -1.64. The van der Waals surface area contributed by atoms with E-state index in [1.54, 1.807) is 12.4 Å². The van der Waals surface area contributed by atoms with Crippen LogP contribution in [0.25, 0.3) is 0 Å². The highest BCUT2D eigenvalue weighted by Crippen LogP contribution is 2.30. The second-order valence-corrected chi connectivity index (χ2v) is 10.1. The first-order valence-corrected chi connectivity index (χ1v) is 10.1. The monoisotopic (exact) mass is 284 g/mol. The molecule has 1 heterocycles. The first-order valence-electron chi connectivity index (χ1n) is 6.69. The lowest BCUT2D eigenvalue weighted by Gasteiger charge is -2.20. The first kappa shape index (κ1) is 14.5. The number of hydrogen-bond donors (Lipinski definition) is 0. The fourth-order valence-electron chi connectivity index (χ4n) is 1.73. The zero-order chi connectivity index (χ0) is 14.6. The van der Waals surface area contributed by atoms with E-state index < -0.39 is 8.32 Å². The first-order chi connectivity index (χ1) is 9.44. The Morgan fingerprint density at radius 3 is 2.60 bits per heavy atom. The van der Waals surface area contributed by atoms with E-state index in [9.17, 15) is 0 Å². The van der Waals surface area contributed by atoms with Crippen molar-refractivity contribution in [1.82, 2.24) is 4.98 Å². The molecule has 1 aromatic heterocycles. The van der Waals surface area contributed by atoms with Gasteiger partial charge in [-0.15, -0.1) is 0 Å². The van der Waals surface area contributed by atoms with Gasteiger partial charge in [-0.1, -0.05) is 12.1 Å². The van der Waals surface area contributed by atoms with Crippen LogP contribution in [0, 0.1) is 6.92 Å². The molecule has 104 valence electrons. The van der Waals surface area contributed by atoms with Gasteiger partial charge in [0, 0.05) is 6.20 Å². The molecular formula is C16H20N2OSi. The predicted molar refractivity (Wildman–Crippen MR) is 86.6 cm³/mol. The van der Waals surface area contributed by atoms with Gasteiger partial charge in [0.2, 0.25) is 8.32 Å². The molecule has 0 saturated heterocycles. The van der Waals surface area contributed by atoms with Gasteiger partial charge in [0.05, 0.1) is 11.9 Å². The number of aryl methyl sites for hydroxylation is 1. The Hall–Kier alpha value is -1.94. The van der Waals surface area contributed by atoms with Crippen molar-refractivity contribution in [3.8, 4) is 5.75 Å². The molecule has 0 saturated carbocycles. The van der Waals surface area contributed by atoms with Gasteiger partial charge in [-0.2, -0.15) is 0 Å². The van der Waals surface area contributed by atoms with Crippen LogP contribution in [0.3, 0.4) is 0 Å². The Bertz CT molecular complexity index is 604. The maximum absolute atomic E-state index is 6.08. The largest absolute Gasteiger partial charge is 0.543 e. The lowest BCUT2D eigenvalue weighted by atomic mass is 10.2. The SMILES string of the molecule is Cc1ccc(O[Si](C)(C)C)c(N=Cc2ccccn2)c1. The molecule has 3 nitrogen and oxygen atoms in total. The summed E-state index contributed by atoms with van der Waals surface area (Å²) < 4.78 is 6.08. The molecule has 2 rings (SSSR count). The maximum Gasteiger partial charge on any atom is 0.242 e. The minimum absolute atomic E-state index is 0.841. The summed E-state index contributed by atoms with van der Waals surface area (Å²) in [4.78, 5) is 8.77. The molecule has 0 radical (unpaired) electrons. The predicted octanol–water partition coefficient (Wildman–Crippen LogP) is 4.35. The Labute approximate surface area is 121 Å². The Balaban J connectivity index is 2.30. The van der Waals surface area contributed by atoms with Crippen LogP contribution >= 0.6 is 0 Å². The summed E-state index contributed by atoms with van der Waals surface area (Å²) >= 11 is 0. The van der Waals surface area contributed by atoms with Crippen LogP contribution < -0.4 is 4.43 Å². The molecule has 0 bridgehead atoms. The molecule has 0 aliphatic heterocycles. The number of hydrogen-bond acceptors (Lipinski definition) is 3. The van der Waals surface area contributed by atoms with Crippen LogP contribution in [0.15, 0.2) is 47.6 Å². The Morgan fingerprint density at radius 2 is 1.95 bits per heavy atom. The average Bonchev–Trinajstić information content (AvgIpc) is 2.39. The van der Waals surface area contributed by atoms with Crippen molar-refractivity contribution >= 4 is 20.2 Å². The number of aromatic nitrogens is 1. The van der Waals surface area contributed by atoms with Crippen LogP contribution in [0.5, 0.6) is 5.75 Å². The molecule has 2 aromatic rings. The third-order valence-electron chi connectivity index (χ3n) is 2.55. The normalized spacial score (nSPS) is 11.8. The van der Waals surface area contributed by atoms with Crippen molar-refractivity contribution in [2.24, 2.45) is 4.99 Å². The van der Waals surface area contributed by atoms with E-state index in [-0.39, 0.29) is 0 Å². The molecule has 0 aliphatic carbocycles. The lowest BCUT2D eigenvalue weighted by Crippen LogP contribution is -2.29. The zero-order valence-electron chi connectivity index (χ0n) is 12.4. The number of benzene rings is 1. The van der Waals surface area contributed by atoms with Gasteiger partial charge in [0.1, 0.15) is 11.4 Å². The van der Waals surface area contributed by atoms with E-state index in [1.807, 2.05) is 30.3 Å². The minimum Gasteiger partial charge on any atom is -0.543 e. The van der Waals surface area contributed by atoms with Crippen molar-refractivity contribution in [3.05, 3.63) is 53.9 Å². The van der Waals surface area contributed by atoms with Crippen molar-refractivity contribution in [2.45, 2.75) is 26.6 Å². The van der Waals surface area contributed by atoms with E-state index in [2.05, 4.69) is 42.6 Å².